The summed E-state index contributed by atoms with van der Waals surface area (Å²) in [6, 6.07) is 0. The van der Waals surface area contributed by atoms with Gasteiger partial charge in [0.25, 0.3) is 0 Å². The molecule has 0 N–H and O–H groups in total. The van der Waals surface area contributed by atoms with E-state index >= 15 is 0 Å². The second kappa shape index (κ2) is 7.91. The third-order valence-electron chi connectivity index (χ3n) is 4.71. The van der Waals surface area contributed by atoms with Gasteiger partial charge in [-0.05, 0) is 35.6 Å². The molecule has 3 aliphatic carbocycles. The summed E-state index contributed by atoms with van der Waals surface area (Å²) in [5.74, 6) is -2.66. The molecule has 9 heteroatoms. The van der Waals surface area contributed by atoms with Crippen LogP contribution in [0.25, 0.3) is 0 Å². The van der Waals surface area contributed by atoms with Crippen LogP contribution in [0.1, 0.15) is 12.8 Å². The van der Waals surface area contributed by atoms with Crippen LogP contribution >= 0.6 is 0 Å². The van der Waals surface area contributed by atoms with Crippen molar-refractivity contribution >= 4 is 5.97 Å². The summed E-state index contributed by atoms with van der Waals surface area (Å²) in [5.41, 5.74) is -2.95. The van der Waals surface area contributed by atoms with Gasteiger partial charge < -0.3 is 4.74 Å². The van der Waals surface area contributed by atoms with Gasteiger partial charge in [0.05, 0.1) is 0 Å². The minimum atomic E-state index is -5.40. The molecular weight excluding hydrogens is 422 g/mol. The number of halogens is 6. The van der Waals surface area contributed by atoms with E-state index in [2.05, 4.69) is 4.74 Å². The molecule has 3 aliphatic rings. The molecule has 0 bridgehead atoms. The Morgan fingerprint density at radius 3 is 2.11 bits per heavy atom. The first-order chi connectivity index (χ1) is 12.6. The van der Waals surface area contributed by atoms with Gasteiger partial charge in [-0.25, -0.2) is 4.79 Å². The Morgan fingerprint density at radius 1 is 0.964 bits per heavy atom. The SMILES string of the molecule is O=C(OC1C=CC=C(C2=CC=CC2)C1(C1=CC=CC1)C(F)(F)F)C(F)(F)F.[Ti]. The van der Waals surface area contributed by atoms with Gasteiger partial charge >= 0.3 is 18.3 Å². The normalized spacial score (nSPS) is 26.5. The van der Waals surface area contributed by atoms with Crippen molar-refractivity contribution in [2.75, 3.05) is 0 Å². The fourth-order valence-electron chi connectivity index (χ4n) is 3.59. The van der Waals surface area contributed by atoms with Crippen LogP contribution in [0.3, 0.4) is 0 Å². The number of alkyl halides is 6. The van der Waals surface area contributed by atoms with Crippen molar-refractivity contribution in [2.45, 2.75) is 31.3 Å². The average molecular weight is 436 g/mol. The molecule has 2 atom stereocenters. The van der Waals surface area contributed by atoms with Gasteiger partial charge in [-0.1, -0.05) is 48.6 Å². The van der Waals surface area contributed by atoms with E-state index in [1.165, 1.54) is 36.5 Å². The molecule has 0 saturated carbocycles. The molecule has 0 aromatic rings. The molecule has 0 aliphatic heterocycles. The zero-order valence-corrected chi connectivity index (χ0v) is 15.8. The van der Waals surface area contributed by atoms with Gasteiger partial charge in [-0.15, -0.1) is 0 Å². The number of hydrogen-bond acceptors (Lipinski definition) is 2. The first-order valence-corrected chi connectivity index (χ1v) is 8.04. The van der Waals surface area contributed by atoms with Crippen molar-refractivity contribution in [2.24, 2.45) is 5.41 Å². The number of carbonyl (C=O) groups excluding carboxylic acids is 1. The molecule has 3 rings (SSSR count). The predicted molar refractivity (Wildman–Crippen MR) is 85.3 cm³/mol. The van der Waals surface area contributed by atoms with E-state index in [1.54, 1.807) is 12.2 Å². The third-order valence-corrected chi connectivity index (χ3v) is 4.71. The van der Waals surface area contributed by atoms with E-state index in [1.807, 2.05) is 0 Å². The van der Waals surface area contributed by atoms with Crippen molar-refractivity contribution in [3.05, 3.63) is 71.4 Å². The van der Waals surface area contributed by atoms with Crippen molar-refractivity contribution in [3.63, 3.8) is 0 Å². The number of ether oxygens (including phenoxy) is 1. The minimum absolute atomic E-state index is 0. The van der Waals surface area contributed by atoms with Crippen molar-refractivity contribution in [3.8, 4) is 0 Å². The molecule has 0 aromatic heterocycles. The summed E-state index contributed by atoms with van der Waals surface area (Å²) in [6.45, 7) is 0. The Balaban J connectivity index is 0.00000280. The average Bonchev–Trinajstić information content (AvgIpc) is 3.26. The van der Waals surface area contributed by atoms with Crippen LogP contribution in [-0.2, 0) is 31.2 Å². The maximum Gasteiger partial charge on any atom is 0.490 e. The fraction of sp³-hybridized carbons (Fsp3) is 0.316. The molecule has 0 fully saturated rings. The predicted octanol–water partition coefficient (Wildman–Crippen LogP) is 5.28. The van der Waals surface area contributed by atoms with Gasteiger partial charge in [-0.3, -0.25) is 0 Å². The van der Waals surface area contributed by atoms with Gasteiger partial charge in [0.2, 0.25) is 0 Å². The number of rotatable bonds is 3. The molecule has 0 radical (unpaired) electrons. The van der Waals surface area contributed by atoms with Crippen molar-refractivity contribution in [1.82, 2.24) is 0 Å². The number of allylic oxidation sites excluding steroid dienone is 9. The Morgan fingerprint density at radius 2 is 1.61 bits per heavy atom. The summed E-state index contributed by atoms with van der Waals surface area (Å²) in [7, 11) is 0. The summed E-state index contributed by atoms with van der Waals surface area (Å²) < 4.78 is 85.9. The monoisotopic (exact) mass is 436 g/mol. The number of carbonyl (C=O) groups is 1. The second-order valence-corrected chi connectivity index (χ2v) is 6.24. The summed E-state index contributed by atoms with van der Waals surface area (Å²) in [6.07, 6.45) is -0.392. The quantitative estimate of drug-likeness (QED) is 0.342. The second-order valence-electron chi connectivity index (χ2n) is 6.24. The van der Waals surface area contributed by atoms with E-state index in [-0.39, 0.29) is 45.7 Å². The van der Waals surface area contributed by atoms with Crippen LogP contribution < -0.4 is 0 Å². The zero-order chi connectivity index (χ0) is 19.9. The number of esters is 1. The fourth-order valence-corrected chi connectivity index (χ4v) is 3.59. The van der Waals surface area contributed by atoms with Gasteiger partial charge in [0.1, 0.15) is 6.10 Å². The first kappa shape index (κ1) is 22.5. The summed E-state index contributed by atoms with van der Waals surface area (Å²) in [4.78, 5) is 11.4. The molecule has 2 nitrogen and oxygen atoms in total. The minimum Gasteiger partial charge on any atom is -0.450 e. The smallest absolute Gasteiger partial charge is 0.450 e. The van der Waals surface area contributed by atoms with Crippen molar-refractivity contribution < 1.29 is 57.6 Å². The van der Waals surface area contributed by atoms with Gasteiger partial charge in [0.15, 0.2) is 5.41 Å². The van der Waals surface area contributed by atoms with Crippen LogP contribution in [0.4, 0.5) is 26.3 Å². The van der Waals surface area contributed by atoms with E-state index < -0.39 is 29.8 Å². The topological polar surface area (TPSA) is 26.3 Å². The van der Waals surface area contributed by atoms with E-state index in [0.29, 0.717) is 5.57 Å². The molecule has 0 spiro atoms. The molecule has 0 saturated heterocycles. The van der Waals surface area contributed by atoms with Gasteiger partial charge in [0, 0.05) is 21.7 Å². The number of hydrogen-bond donors (Lipinski definition) is 0. The van der Waals surface area contributed by atoms with Crippen LogP contribution in [0.15, 0.2) is 71.4 Å². The van der Waals surface area contributed by atoms with E-state index in [9.17, 15) is 31.1 Å². The Kier molecular flexibility index (Phi) is 6.35. The van der Waals surface area contributed by atoms with Gasteiger partial charge in [-0.2, -0.15) is 26.3 Å². The summed E-state index contributed by atoms with van der Waals surface area (Å²) >= 11 is 0. The van der Waals surface area contributed by atoms with Crippen LogP contribution in [0, 0.1) is 5.41 Å². The van der Waals surface area contributed by atoms with Crippen LogP contribution in [-0.4, -0.2) is 24.4 Å². The van der Waals surface area contributed by atoms with E-state index in [0.717, 1.165) is 6.08 Å². The van der Waals surface area contributed by atoms with Crippen LogP contribution in [0.5, 0.6) is 0 Å². The molecule has 0 amide bonds. The molecule has 148 valence electrons. The van der Waals surface area contributed by atoms with Crippen molar-refractivity contribution in [1.29, 1.82) is 0 Å². The third kappa shape index (κ3) is 3.72. The molecule has 0 heterocycles. The zero-order valence-electron chi connectivity index (χ0n) is 14.3. The molecular formula is C19H14F6O2Ti. The van der Waals surface area contributed by atoms with E-state index in [4.69, 9.17) is 0 Å². The van der Waals surface area contributed by atoms with Crippen LogP contribution in [0.2, 0.25) is 0 Å². The maximum absolute atomic E-state index is 14.5. The molecule has 28 heavy (non-hydrogen) atoms. The molecule has 2 unspecified atom stereocenters. The standard InChI is InChI=1S/C19H14F6O2.Ti/c20-18(21,22)16(26)27-15-11-5-10-14(12-6-1-2-7-12)17(15,19(23,24)25)13-8-3-4-9-13;/h1-6,8,10-11,15H,7,9H2;. The first-order valence-electron chi connectivity index (χ1n) is 8.04. The Bertz CT molecular complexity index is 826. The Labute approximate surface area is 171 Å². The molecule has 0 aromatic carbocycles. The summed E-state index contributed by atoms with van der Waals surface area (Å²) in [5, 5.41) is 0. The largest absolute Gasteiger partial charge is 0.490 e. The Hall–Kier alpha value is -1.80. The maximum atomic E-state index is 14.5.